The minimum atomic E-state index is -1.88. The molecule has 4 amide bonds. The van der Waals surface area contributed by atoms with Crippen LogP contribution in [-0.4, -0.2) is 73.0 Å². The van der Waals surface area contributed by atoms with E-state index >= 15 is 0 Å². The number of carbonyl (C=O) groups is 5. The summed E-state index contributed by atoms with van der Waals surface area (Å²) in [6, 6.07) is 4.76. The highest BCUT2D eigenvalue weighted by Crippen LogP contribution is 2.65. The summed E-state index contributed by atoms with van der Waals surface area (Å²) in [5.74, 6) is -6.49. The van der Waals surface area contributed by atoms with E-state index in [2.05, 4.69) is 0 Å². The van der Waals surface area contributed by atoms with Gasteiger partial charge in [0.2, 0.25) is 11.8 Å². The molecule has 1 aromatic rings. The molecule has 2 N–H and O–H groups in total. The third kappa shape index (κ3) is 3.05. The lowest BCUT2D eigenvalue weighted by molar-refractivity contribution is -0.143. The van der Waals surface area contributed by atoms with Crippen LogP contribution in [0.2, 0.25) is 0 Å². The minimum absolute atomic E-state index is 0.0427. The second-order valence-corrected chi connectivity index (χ2v) is 11.3. The van der Waals surface area contributed by atoms with Gasteiger partial charge < -0.3 is 10.2 Å². The van der Waals surface area contributed by atoms with Crippen LogP contribution in [0.3, 0.4) is 0 Å². The topological polar surface area (TPSA) is 132 Å². The highest BCUT2D eigenvalue weighted by atomic mass is 35.5. The van der Waals surface area contributed by atoms with E-state index in [0.29, 0.717) is 16.7 Å². The number of carboxylic acids is 1. The molecule has 0 spiro atoms. The summed E-state index contributed by atoms with van der Waals surface area (Å²) in [5, 5.41) is 19.1. The molecule has 2 aliphatic carbocycles. The first-order valence-electron chi connectivity index (χ1n) is 11.6. The molecule has 9 nitrogen and oxygen atoms in total. The number of alkyl halides is 2. The van der Waals surface area contributed by atoms with Crippen molar-refractivity contribution in [1.29, 1.82) is 0 Å². The van der Waals surface area contributed by atoms with Gasteiger partial charge in [0, 0.05) is 19.5 Å². The Labute approximate surface area is 216 Å². The van der Waals surface area contributed by atoms with Crippen LogP contribution in [-0.2, 0) is 24.0 Å². The maximum absolute atomic E-state index is 13.5. The van der Waals surface area contributed by atoms with Gasteiger partial charge in [-0.1, -0.05) is 23.8 Å². The van der Waals surface area contributed by atoms with Gasteiger partial charge in [0.05, 0.1) is 18.3 Å². The highest BCUT2D eigenvalue weighted by molar-refractivity contribution is 6.53. The number of allylic oxidation sites excluding steroid dienone is 2. The fourth-order valence-corrected chi connectivity index (χ4v) is 7.49. The Bertz CT molecular complexity index is 1280. The van der Waals surface area contributed by atoms with Gasteiger partial charge in [-0.3, -0.25) is 33.8 Å². The van der Waals surface area contributed by atoms with Crippen LogP contribution < -0.4 is 0 Å². The predicted molar refractivity (Wildman–Crippen MR) is 127 cm³/mol. The number of rotatable bonds is 4. The van der Waals surface area contributed by atoms with Crippen LogP contribution in [0.25, 0.3) is 0 Å². The number of aliphatic carboxylic acids is 1. The van der Waals surface area contributed by atoms with E-state index in [4.69, 9.17) is 28.3 Å². The maximum Gasteiger partial charge on any atom is 0.305 e. The van der Waals surface area contributed by atoms with Crippen LogP contribution in [0.5, 0.6) is 5.75 Å². The van der Waals surface area contributed by atoms with Crippen molar-refractivity contribution in [2.24, 2.45) is 17.8 Å². The fourth-order valence-electron chi connectivity index (χ4n) is 6.47. The van der Waals surface area contributed by atoms with Crippen LogP contribution in [0.1, 0.15) is 36.3 Å². The number of likely N-dealkylation sites (tertiary alicyclic amines) is 2. The van der Waals surface area contributed by atoms with Crippen molar-refractivity contribution in [2.75, 3.05) is 13.6 Å². The van der Waals surface area contributed by atoms with Gasteiger partial charge in [-0.15, -0.1) is 23.2 Å². The van der Waals surface area contributed by atoms with E-state index in [1.807, 2.05) is 0 Å². The number of amides is 4. The zero-order chi connectivity index (χ0) is 26.3. The number of imide groups is 2. The fraction of sp³-hybridized carbons (Fsp3) is 0.480. The van der Waals surface area contributed by atoms with E-state index < -0.39 is 63.0 Å². The molecule has 0 bridgehead atoms. The first-order chi connectivity index (χ1) is 16.8. The van der Waals surface area contributed by atoms with E-state index in [1.54, 1.807) is 25.1 Å². The first kappa shape index (κ1) is 24.8. The first-order valence-corrected chi connectivity index (χ1v) is 12.4. The monoisotopic (exact) mass is 534 g/mol. The molecule has 3 fully saturated rings. The molecule has 1 aromatic carbocycles. The van der Waals surface area contributed by atoms with Crippen molar-refractivity contribution in [3.8, 4) is 5.75 Å². The zero-order valence-electron chi connectivity index (χ0n) is 19.5. The molecule has 0 radical (unpaired) electrons. The summed E-state index contributed by atoms with van der Waals surface area (Å²) >= 11 is 14.1. The normalized spacial score (nSPS) is 35.5. The zero-order valence-corrected chi connectivity index (χ0v) is 21.0. The van der Waals surface area contributed by atoms with Gasteiger partial charge in [-0.05, 0) is 42.9 Å². The molecule has 5 rings (SSSR count). The summed E-state index contributed by atoms with van der Waals surface area (Å²) in [7, 11) is 1.31. The molecule has 36 heavy (non-hydrogen) atoms. The van der Waals surface area contributed by atoms with E-state index in [0.717, 1.165) is 9.80 Å². The van der Waals surface area contributed by atoms with Gasteiger partial charge in [0.15, 0.2) is 9.75 Å². The molecular weight excluding hydrogens is 511 g/mol. The van der Waals surface area contributed by atoms with E-state index in [9.17, 15) is 29.1 Å². The molecule has 190 valence electrons. The Morgan fingerprint density at radius 2 is 1.81 bits per heavy atom. The molecule has 4 aliphatic rings. The van der Waals surface area contributed by atoms with Gasteiger partial charge in [0.1, 0.15) is 5.75 Å². The van der Waals surface area contributed by atoms with Crippen molar-refractivity contribution in [3.63, 3.8) is 0 Å². The molecule has 2 saturated heterocycles. The van der Waals surface area contributed by atoms with Crippen molar-refractivity contribution < 1.29 is 34.2 Å². The Morgan fingerprint density at radius 1 is 1.11 bits per heavy atom. The van der Waals surface area contributed by atoms with Gasteiger partial charge >= 0.3 is 5.97 Å². The van der Waals surface area contributed by atoms with Crippen molar-refractivity contribution in [2.45, 2.75) is 41.9 Å². The summed E-state index contributed by atoms with van der Waals surface area (Å²) < 4.78 is 0. The summed E-state index contributed by atoms with van der Waals surface area (Å²) in [5.41, 5.74) is 1.72. The average Bonchev–Trinajstić information content (AvgIpc) is 3.14. The van der Waals surface area contributed by atoms with Crippen molar-refractivity contribution >= 4 is 52.8 Å². The third-order valence-electron chi connectivity index (χ3n) is 8.21. The lowest BCUT2D eigenvalue weighted by Gasteiger charge is -2.50. The number of aryl methyl sites for hydroxylation is 1. The number of fused-ring (bicyclic) bond motifs is 4. The number of nitrogens with zero attached hydrogens (tertiary/aromatic N) is 2. The number of phenols is 1. The second-order valence-electron chi connectivity index (χ2n) is 10.0. The lowest BCUT2D eigenvalue weighted by atomic mass is 9.56. The van der Waals surface area contributed by atoms with Gasteiger partial charge in [-0.25, -0.2) is 0 Å². The average molecular weight is 535 g/mol. The van der Waals surface area contributed by atoms with Crippen molar-refractivity contribution in [1.82, 2.24) is 9.80 Å². The minimum Gasteiger partial charge on any atom is -0.508 e. The Morgan fingerprint density at radius 3 is 2.44 bits per heavy atom. The molecule has 0 aromatic heterocycles. The maximum atomic E-state index is 13.5. The number of carbonyl (C=O) groups excluding carboxylic acids is 4. The Balaban J connectivity index is 1.66. The van der Waals surface area contributed by atoms with Gasteiger partial charge in [0.25, 0.3) is 11.8 Å². The molecular formula is C25H24Cl2N2O7. The van der Waals surface area contributed by atoms with E-state index in [1.165, 1.54) is 13.1 Å². The van der Waals surface area contributed by atoms with Gasteiger partial charge in [-0.2, -0.15) is 0 Å². The predicted octanol–water partition coefficient (Wildman–Crippen LogP) is 2.16. The summed E-state index contributed by atoms with van der Waals surface area (Å²) in [4.78, 5) is 62.5. The largest absolute Gasteiger partial charge is 0.508 e. The van der Waals surface area contributed by atoms with Crippen LogP contribution in [0.15, 0.2) is 29.8 Å². The molecule has 6 atom stereocenters. The van der Waals surface area contributed by atoms with Crippen LogP contribution in [0, 0.1) is 24.7 Å². The quantitative estimate of drug-likeness (QED) is 0.343. The van der Waals surface area contributed by atoms with E-state index in [-0.39, 0.29) is 31.6 Å². The number of phenolic OH excluding ortho intramolecular Hbond substituents is 1. The van der Waals surface area contributed by atoms with Crippen LogP contribution >= 0.6 is 23.2 Å². The number of aromatic hydroxyl groups is 1. The smallest absolute Gasteiger partial charge is 0.305 e. The molecule has 2 aliphatic heterocycles. The molecule has 6 unspecified atom stereocenters. The number of benzene rings is 1. The molecule has 1 saturated carbocycles. The Hall–Kier alpha value is -2.91. The Kier molecular flexibility index (Phi) is 5.54. The standard InChI is InChI=1S/C25H24Cl2N2O7/c1-11-9-12(3-6-16(11)30)19-13-4-5-14-18(21(34)29(20(14)33)8-7-17(31)32)15(13)10-24(26)22(35)28(2)23(36)25(19,24)27/h3-4,6,9,14-15,18-19,30H,5,7-8,10H2,1-2H3,(H,31,32). The lowest BCUT2D eigenvalue weighted by Crippen LogP contribution is -2.60. The second kappa shape index (κ2) is 8.05. The molecule has 11 heteroatoms. The number of carboxylic acid groups (broad SMARTS) is 1. The summed E-state index contributed by atoms with van der Waals surface area (Å²) in [6.07, 6.45) is 1.51. The van der Waals surface area contributed by atoms with Crippen molar-refractivity contribution in [3.05, 3.63) is 41.0 Å². The summed E-state index contributed by atoms with van der Waals surface area (Å²) in [6.45, 7) is 1.45. The molecule has 2 heterocycles. The highest BCUT2D eigenvalue weighted by Gasteiger charge is 2.75. The third-order valence-corrected chi connectivity index (χ3v) is 9.62. The SMILES string of the molecule is Cc1cc(C2C3=CCC4C(=O)N(CCC(=O)O)C(=O)C4C3CC3(Cl)C(=O)N(C)C(=O)C23Cl)ccc1O. The number of halogens is 2. The number of hydrogen-bond acceptors (Lipinski definition) is 6. The number of hydrogen-bond donors (Lipinski definition) is 2. The van der Waals surface area contributed by atoms with Crippen LogP contribution in [0.4, 0.5) is 0 Å².